The highest BCUT2D eigenvalue weighted by Crippen LogP contribution is 2.20. The summed E-state index contributed by atoms with van der Waals surface area (Å²) in [6, 6.07) is 6.00. The fraction of sp³-hybridized carbons (Fsp3) is 0.591. The van der Waals surface area contributed by atoms with E-state index in [2.05, 4.69) is 15.6 Å². The molecule has 2 aromatic heterocycles. The van der Waals surface area contributed by atoms with Gasteiger partial charge in [0.05, 0.1) is 5.52 Å². The summed E-state index contributed by atoms with van der Waals surface area (Å²) in [6.07, 6.45) is 14.2. The molecule has 2 aliphatic rings. The van der Waals surface area contributed by atoms with Crippen molar-refractivity contribution in [2.45, 2.75) is 82.7 Å². The fourth-order valence-corrected chi connectivity index (χ4v) is 4.54. The van der Waals surface area contributed by atoms with Crippen molar-refractivity contribution in [3.8, 4) is 0 Å². The molecule has 2 heterocycles. The molecule has 0 spiro atoms. The molecule has 2 aromatic rings. The molecule has 6 heteroatoms. The molecular weight excluding hydrogens is 352 g/mol. The minimum atomic E-state index is -0.190. The molecule has 0 saturated heterocycles. The van der Waals surface area contributed by atoms with Gasteiger partial charge in [-0.1, -0.05) is 51.0 Å². The first-order valence-electron chi connectivity index (χ1n) is 10.8. The zero-order valence-electron chi connectivity index (χ0n) is 16.5. The van der Waals surface area contributed by atoms with Crippen molar-refractivity contribution in [3.63, 3.8) is 0 Å². The average molecular weight is 383 g/mol. The lowest BCUT2D eigenvalue weighted by Crippen LogP contribution is -2.37. The molecule has 0 radical (unpaired) electrons. The topological polar surface area (TPSA) is 75.5 Å². The molecule has 0 unspecified atom stereocenters. The van der Waals surface area contributed by atoms with Crippen LogP contribution in [0, 0.1) is 0 Å². The smallest absolute Gasteiger partial charge is 0.287 e. The lowest BCUT2D eigenvalue weighted by Gasteiger charge is -2.22. The Morgan fingerprint density at radius 1 is 0.821 bits per heavy atom. The number of imidazole rings is 1. The Hall–Kier alpha value is -2.37. The van der Waals surface area contributed by atoms with Crippen molar-refractivity contribution in [2.75, 3.05) is 0 Å². The predicted octanol–water partition coefficient (Wildman–Crippen LogP) is 3.85. The van der Waals surface area contributed by atoms with Gasteiger partial charge in [0.25, 0.3) is 11.8 Å². The van der Waals surface area contributed by atoms with Gasteiger partial charge in [-0.2, -0.15) is 0 Å². The number of hydrogen-bond donors (Lipinski definition) is 2. The summed E-state index contributed by atoms with van der Waals surface area (Å²) < 4.78 is 1.74. The highest BCUT2D eigenvalue weighted by atomic mass is 16.2. The Kier molecular flexibility index (Phi) is 5.93. The maximum atomic E-state index is 12.9. The van der Waals surface area contributed by atoms with Crippen LogP contribution in [0.4, 0.5) is 0 Å². The molecule has 0 bridgehead atoms. The Morgan fingerprint density at radius 3 is 2.04 bits per heavy atom. The second kappa shape index (κ2) is 8.76. The van der Waals surface area contributed by atoms with Crippen LogP contribution in [0.3, 0.4) is 0 Å². The lowest BCUT2D eigenvalue weighted by atomic mass is 9.95. The first-order valence-corrected chi connectivity index (χ1v) is 10.8. The van der Waals surface area contributed by atoms with Gasteiger partial charge in [0.2, 0.25) is 5.82 Å². The molecule has 2 aliphatic carbocycles. The molecule has 4 rings (SSSR count). The van der Waals surface area contributed by atoms with Crippen LogP contribution in [0.2, 0.25) is 0 Å². The molecule has 0 atom stereocenters. The summed E-state index contributed by atoms with van der Waals surface area (Å²) in [5, 5.41) is 6.27. The Morgan fingerprint density at radius 2 is 1.39 bits per heavy atom. The van der Waals surface area contributed by atoms with Crippen molar-refractivity contribution in [3.05, 3.63) is 35.9 Å². The van der Waals surface area contributed by atoms with Gasteiger partial charge >= 0.3 is 0 Å². The SMILES string of the molecule is O=C(NC1CCCCC1)c1nc(C(=O)NC2CCCCCC2)n2ccccc12. The number of amides is 2. The van der Waals surface area contributed by atoms with Gasteiger partial charge < -0.3 is 10.6 Å². The summed E-state index contributed by atoms with van der Waals surface area (Å²) in [5.74, 6) is -0.0671. The number of nitrogens with zero attached hydrogens (tertiary/aromatic N) is 2. The maximum absolute atomic E-state index is 12.9. The molecule has 2 N–H and O–H groups in total. The molecule has 2 amide bonds. The zero-order valence-corrected chi connectivity index (χ0v) is 16.5. The van der Waals surface area contributed by atoms with Crippen LogP contribution in [0.1, 0.15) is 91.7 Å². The molecule has 28 heavy (non-hydrogen) atoms. The van der Waals surface area contributed by atoms with Gasteiger partial charge in [0, 0.05) is 18.3 Å². The largest absolute Gasteiger partial charge is 0.348 e. The van der Waals surface area contributed by atoms with Crippen LogP contribution in [-0.4, -0.2) is 33.3 Å². The van der Waals surface area contributed by atoms with Crippen molar-refractivity contribution in [1.82, 2.24) is 20.0 Å². The molecule has 0 aromatic carbocycles. The summed E-state index contributed by atoms with van der Waals surface area (Å²) in [6.45, 7) is 0. The van der Waals surface area contributed by atoms with E-state index in [1.54, 1.807) is 4.40 Å². The number of rotatable bonds is 4. The van der Waals surface area contributed by atoms with Crippen LogP contribution in [0.5, 0.6) is 0 Å². The van der Waals surface area contributed by atoms with Crippen LogP contribution < -0.4 is 10.6 Å². The number of pyridine rings is 1. The predicted molar refractivity (Wildman–Crippen MR) is 108 cm³/mol. The van der Waals surface area contributed by atoms with Gasteiger partial charge in [-0.05, 0) is 37.8 Å². The number of aromatic nitrogens is 2. The second-order valence-corrected chi connectivity index (χ2v) is 8.21. The minimum Gasteiger partial charge on any atom is -0.348 e. The van der Waals surface area contributed by atoms with E-state index in [0.29, 0.717) is 17.0 Å². The van der Waals surface area contributed by atoms with Crippen molar-refractivity contribution in [1.29, 1.82) is 0 Å². The van der Waals surface area contributed by atoms with Crippen molar-refractivity contribution >= 4 is 17.3 Å². The minimum absolute atomic E-state index is 0.177. The third-order valence-corrected chi connectivity index (χ3v) is 6.10. The van der Waals surface area contributed by atoms with E-state index in [-0.39, 0.29) is 23.9 Å². The van der Waals surface area contributed by atoms with E-state index in [4.69, 9.17) is 0 Å². The lowest BCUT2D eigenvalue weighted by molar-refractivity contribution is 0.0922. The Bertz CT molecular complexity index is 830. The first kappa shape index (κ1) is 19.0. The first-order chi connectivity index (χ1) is 13.7. The summed E-state index contributed by atoms with van der Waals surface area (Å²) in [5.41, 5.74) is 1.03. The van der Waals surface area contributed by atoms with Gasteiger partial charge in [-0.3, -0.25) is 14.0 Å². The maximum Gasteiger partial charge on any atom is 0.287 e. The van der Waals surface area contributed by atoms with E-state index >= 15 is 0 Å². The molecule has 2 saturated carbocycles. The third-order valence-electron chi connectivity index (χ3n) is 6.10. The molecular formula is C22H30N4O2. The number of carbonyl (C=O) groups is 2. The van der Waals surface area contributed by atoms with Gasteiger partial charge in [0.1, 0.15) is 0 Å². The highest BCUT2D eigenvalue weighted by molar-refractivity contribution is 6.02. The van der Waals surface area contributed by atoms with Crippen LogP contribution >= 0.6 is 0 Å². The summed E-state index contributed by atoms with van der Waals surface area (Å²) in [4.78, 5) is 30.3. The van der Waals surface area contributed by atoms with Gasteiger partial charge in [-0.15, -0.1) is 0 Å². The van der Waals surface area contributed by atoms with Crippen LogP contribution in [0.15, 0.2) is 24.4 Å². The molecule has 2 fully saturated rings. The van der Waals surface area contributed by atoms with Crippen LogP contribution in [0.25, 0.3) is 5.52 Å². The van der Waals surface area contributed by atoms with E-state index in [9.17, 15) is 9.59 Å². The van der Waals surface area contributed by atoms with Crippen molar-refractivity contribution in [2.24, 2.45) is 0 Å². The van der Waals surface area contributed by atoms with E-state index in [1.807, 2.05) is 24.4 Å². The van der Waals surface area contributed by atoms with Crippen molar-refractivity contribution < 1.29 is 9.59 Å². The average Bonchev–Trinajstić information content (AvgIpc) is 2.92. The number of fused-ring (bicyclic) bond motifs is 1. The van der Waals surface area contributed by atoms with Gasteiger partial charge in [0.15, 0.2) is 5.69 Å². The van der Waals surface area contributed by atoms with E-state index < -0.39 is 0 Å². The third kappa shape index (κ3) is 4.21. The second-order valence-electron chi connectivity index (χ2n) is 8.21. The molecule has 150 valence electrons. The molecule has 6 nitrogen and oxygen atoms in total. The normalized spacial score (nSPS) is 19.3. The standard InChI is InChI=1S/C22H30N4O2/c27-21(23-16-12-6-3-7-13-16)19-18-14-8-9-15-26(18)20(25-19)22(28)24-17-10-4-1-2-5-11-17/h8-9,14-17H,1-7,10-13H2,(H,23,27)(H,24,28). The number of carbonyl (C=O) groups excluding carboxylic acids is 2. The monoisotopic (exact) mass is 382 g/mol. The number of nitrogens with one attached hydrogen (secondary N) is 2. The van der Waals surface area contributed by atoms with E-state index in [1.165, 1.54) is 19.3 Å². The Balaban J connectivity index is 1.55. The quantitative estimate of drug-likeness (QED) is 0.789. The zero-order chi connectivity index (χ0) is 19.3. The summed E-state index contributed by atoms with van der Waals surface area (Å²) in [7, 11) is 0. The number of hydrogen-bond acceptors (Lipinski definition) is 3. The van der Waals surface area contributed by atoms with E-state index in [0.717, 1.165) is 51.4 Å². The fourth-order valence-electron chi connectivity index (χ4n) is 4.54. The highest BCUT2D eigenvalue weighted by Gasteiger charge is 2.25. The summed E-state index contributed by atoms with van der Waals surface area (Å²) >= 11 is 0. The Labute approximate surface area is 166 Å². The molecule has 0 aliphatic heterocycles. The van der Waals surface area contributed by atoms with Gasteiger partial charge in [-0.25, -0.2) is 4.98 Å². The van der Waals surface area contributed by atoms with Crippen LogP contribution in [-0.2, 0) is 0 Å².